The molecule has 0 aliphatic rings. The van der Waals surface area contributed by atoms with E-state index in [2.05, 4.69) is 20.9 Å². The molecule has 1 N–H and O–H groups in total. The van der Waals surface area contributed by atoms with E-state index in [9.17, 15) is 4.79 Å². The molecule has 1 heterocycles. The van der Waals surface area contributed by atoms with Crippen LogP contribution in [0, 0.1) is 6.92 Å². The van der Waals surface area contributed by atoms with Gasteiger partial charge in [0.2, 0.25) is 0 Å². The average Bonchev–Trinajstić information content (AvgIpc) is 2.40. The molecule has 0 saturated carbocycles. The number of carbonyl (C=O) groups is 1. The van der Waals surface area contributed by atoms with Crippen LogP contribution in [-0.4, -0.2) is 16.1 Å². The number of hydrogen-bond acceptors (Lipinski definition) is 3. The summed E-state index contributed by atoms with van der Waals surface area (Å²) in [6, 6.07) is 8.94. The van der Waals surface area contributed by atoms with Gasteiger partial charge in [-0.3, -0.25) is 0 Å². The summed E-state index contributed by atoms with van der Waals surface area (Å²) in [5.74, 6) is -0.296. The van der Waals surface area contributed by atoms with E-state index in [0.29, 0.717) is 6.61 Å². The number of aromatic nitrogens is 1. The summed E-state index contributed by atoms with van der Waals surface area (Å²) >= 11 is 3.42. The molecule has 5 heteroatoms. The van der Waals surface area contributed by atoms with E-state index in [4.69, 9.17) is 9.84 Å². The van der Waals surface area contributed by atoms with Crippen LogP contribution < -0.4 is 4.74 Å². The number of aromatic carboxylic acids is 1. The van der Waals surface area contributed by atoms with Crippen LogP contribution in [-0.2, 0) is 6.61 Å². The maximum Gasteiger partial charge on any atom is 0.354 e. The number of carboxylic acids is 1. The van der Waals surface area contributed by atoms with Gasteiger partial charge in [-0.05, 0) is 48.4 Å². The molecule has 0 spiro atoms. The Balaban J connectivity index is 2.07. The van der Waals surface area contributed by atoms with Crippen molar-refractivity contribution in [2.45, 2.75) is 13.5 Å². The fourth-order valence-electron chi connectivity index (χ4n) is 1.55. The van der Waals surface area contributed by atoms with E-state index in [1.165, 1.54) is 12.3 Å². The number of pyridine rings is 1. The van der Waals surface area contributed by atoms with Crippen molar-refractivity contribution in [3.8, 4) is 5.75 Å². The van der Waals surface area contributed by atoms with Crippen LogP contribution in [0.25, 0.3) is 0 Å². The molecule has 0 atom stereocenters. The third-order valence-electron chi connectivity index (χ3n) is 2.58. The fraction of sp³-hybridized carbons (Fsp3) is 0.143. The molecule has 2 rings (SSSR count). The summed E-state index contributed by atoms with van der Waals surface area (Å²) in [6.07, 6.45) is 1.47. The number of rotatable bonds is 4. The van der Waals surface area contributed by atoms with Crippen molar-refractivity contribution in [1.29, 1.82) is 0 Å². The second-order valence-corrected chi connectivity index (χ2v) is 4.91. The molecule has 0 aliphatic carbocycles. The summed E-state index contributed by atoms with van der Waals surface area (Å²) in [5.41, 5.74) is 1.87. The zero-order valence-corrected chi connectivity index (χ0v) is 11.8. The SMILES string of the molecule is Cc1cc(OCc2ccnc(C(=O)O)c2)ccc1Br. The quantitative estimate of drug-likeness (QED) is 0.937. The Hall–Kier alpha value is -1.88. The highest BCUT2D eigenvalue weighted by Crippen LogP contribution is 2.22. The Bertz CT molecular complexity index is 613. The first-order valence-electron chi connectivity index (χ1n) is 5.63. The molecule has 2 aromatic rings. The van der Waals surface area contributed by atoms with Gasteiger partial charge in [0.15, 0.2) is 0 Å². The van der Waals surface area contributed by atoms with Gasteiger partial charge in [-0.1, -0.05) is 15.9 Å². The number of aryl methyl sites for hydroxylation is 1. The van der Waals surface area contributed by atoms with Crippen molar-refractivity contribution < 1.29 is 14.6 Å². The molecule has 0 saturated heterocycles. The second-order valence-electron chi connectivity index (χ2n) is 4.05. The number of ether oxygens (including phenoxy) is 1. The van der Waals surface area contributed by atoms with Gasteiger partial charge >= 0.3 is 5.97 Å². The van der Waals surface area contributed by atoms with Crippen molar-refractivity contribution in [2.24, 2.45) is 0 Å². The van der Waals surface area contributed by atoms with Crippen LogP contribution in [0.4, 0.5) is 0 Å². The fourth-order valence-corrected chi connectivity index (χ4v) is 1.80. The van der Waals surface area contributed by atoms with Crippen LogP contribution in [0.5, 0.6) is 5.75 Å². The maximum atomic E-state index is 10.8. The number of carboxylic acid groups (broad SMARTS) is 1. The molecule has 19 heavy (non-hydrogen) atoms. The smallest absolute Gasteiger partial charge is 0.354 e. The molecule has 0 amide bonds. The largest absolute Gasteiger partial charge is 0.489 e. The van der Waals surface area contributed by atoms with Crippen molar-refractivity contribution in [2.75, 3.05) is 0 Å². The van der Waals surface area contributed by atoms with E-state index < -0.39 is 5.97 Å². The Morgan fingerprint density at radius 1 is 1.37 bits per heavy atom. The monoisotopic (exact) mass is 321 g/mol. The first-order valence-corrected chi connectivity index (χ1v) is 6.43. The average molecular weight is 322 g/mol. The van der Waals surface area contributed by atoms with E-state index in [-0.39, 0.29) is 5.69 Å². The molecular weight excluding hydrogens is 310 g/mol. The molecule has 1 aromatic heterocycles. The lowest BCUT2D eigenvalue weighted by atomic mass is 10.2. The predicted molar refractivity (Wildman–Crippen MR) is 74.4 cm³/mol. The van der Waals surface area contributed by atoms with Gasteiger partial charge in [-0.25, -0.2) is 9.78 Å². The molecular formula is C14H12BrNO3. The minimum absolute atomic E-state index is 0.0214. The normalized spacial score (nSPS) is 10.2. The molecule has 98 valence electrons. The highest BCUT2D eigenvalue weighted by atomic mass is 79.9. The van der Waals surface area contributed by atoms with Gasteiger partial charge in [0.05, 0.1) is 0 Å². The first kappa shape index (κ1) is 13.5. The lowest BCUT2D eigenvalue weighted by Gasteiger charge is -2.08. The van der Waals surface area contributed by atoms with E-state index in [1.54, 1.807) is 6.07 Å². The van der Waals surface area contributed by atoms with Crippen LogP contribution in [0.2, 0.25) is 0 Å². The van der Waals surface area contributed by atoms with E-state index >= 15 is 0 Å². The van der Waals surface area contributed by atoms with Gasteiger partial charge in [0.1, 0.15) is 18.1 Å². The lowest BCUT2D eigenvalue weighted by Crippen LogP contribution is -2.03. The van der Waals surface area contributed by atoms with Gasteiger partial charge < -0.3 is 9.84 Å². The minimum Gasteiger partial charge on any atom is -0.489 e. The zero-order valence-electron chi connectivity index (χ0n) is 10.3. The van der Waals surface area contributed by atoms with E-state index in [1.807, 2.05) is 25.1 Å². The first-order chi connectivity index (χ1) is 9.06. The summed E-state index contributed by atoms with van der Waals surface area (Å²) in [6.45, 7) is 2.29. The Kier molecular flexibility index (Phi) is 4.16. The summed E-state index contributed by atoms with van der Waals surface area (Å²) in [7, 11) is 0. The Morgan fingerprint density at radius 3 is 2.84 bits per heavy atom. The number of halogens is 1. The van der Waals surface area contributed by atoms with Crippen LogP contribution in [0.3, 0.4) is 0 Å². The third kappa shape index (κ3) is 3.54. The highest BCUT2D eigenvalue weighted by Gasteiger charge is 2.05. The molecule has 0 unspecified atom stereocenters. The van der Waals surface area contributed by atoms with Crippen LogP contribution in [0.15, 0.2) is 41.0 Å². The van der Waals surface area contributed by atoms with Gasteiger partial charge in [-0.15, -0.1) is 0 Å². The number of nitrogens with zero attached hydrogens (tertiary/aromatic N) is 1. The third-order valence-corrected chi connectivity index (χ3v) is 3.47. The molecule has 4 nitrogen and oxygen atoms in total. The van der Waals surface area contributed by atoms with Gasteiger partial charge in [0, 0.05) is 10.7 Å². The molecule has 0 fully saturated rings. The summed E-state index contributed by atoms with van der Waals surface area (Å²) in [5, 5.41) is 8.85. The summed E-state index contributed by atoms with van der Waals surface area (Å²) < 4.78 is 6.65. The maximum absolute atomic E-state index is 10.8. The van der Waals surface area contributed by atoms with Gasteiger partial charge in [-0.2, -0.15) is 0 Å². The minimum atomic E-state index is -1.04. The number of benzene rings is 1. The Morgan fingerprint density at radius 2 is 2.16 bits per heavy atom. The molecule has 0 radical (unpaired) electrons. The number of hydrogen-bond donors (Lipinski definition) is 1. The van der Waals surface area contributed by atoms with Crippen molar-refractivity contribution in [1.82, 2.24) is 4.98 Å². The standard InChI is InChI=1S/C14H12BrNO3/c1-9-6-11(2-3-12(9)15)19-8-10-4-5-16-13(7-10)14(17)18/h2-7H,8H2,1H3,(H,17,18). The summed E-state index contributed by atoms with van der Waals surface area (Å²) in [4.78, 5) is 14.6. The lowest BCUT2D eigenvalue weighted by molar-refractivity contribution is 0.0690. The highest BCUT2D eigenvalue weighted by molar-refractivity contribution is 9.10. The molecule has 1 aromatic carbocycles. The second kappa shape index (κ2) is 5.84. The van der Waals surface area contributed by atoms with Crippen molar-refractivity contribution >= 4 is 21.9 Å². The van der Waals surface area contributed by atoms with Crippen molar-refractivity contribution in [3.05, 3.63) is 57.8 Å². The molecule has 0 aliphatic heterocycles. The Labute approximate surface area is 119 Å². The van der Waals surface area contributed by atoms with Gasteiger partial charge in [0.25, 0.3) is 0 Å². The van der Waals surface area contributed by atoms with E-state index in [0.717, 1.165) is 21.3 Å². The predicted octanol–water partition coefficient (Wildman–Crippen LogP) is 3.43. The molecule has 0 bridgehead atoms. The topological polar surface area (TPSA) is 59.4 Å². The van der Waals surface area contributed by atoms with Crippen molar-refractivity contribution in [3.63, 3.8) is 0 Å². The van der Waals surface area contributed by atoms with Crippen LogP contribution >= 0.6 is 15.9 Å². The van der Waals surface area contributed by atoms with Crippen LogP contribution in [0.1, 0.15) is 21.6 Å². The zero-order chi connectivity index (χ0) is 13.8.